The highest BCUT2D eigenvalue weighted by Gasteiger charge is 2.25. The monoisotopic (exact) mass is 248 g/mol. The standard InChI is InChI=1S/C11H21ClO2Si/c1-4-8-11(13)14-9-7-10-15(12,5-2)6-3/h4,8H,5-7,9-10H2,1-3H3. The van der Waals surface area contributed by atoms with Gasteiger partial charge in [-0.1, -0.05) is 19.9 Å². The Kier molecular flexibility index (Phi) is 7.79. The first kappa shape index (κ1) is 14.7. The van der Waals surface area contributed by atoms with Gasteiger partial charge in [-0.25, -0.2) is 4.79 Å². The van der Waals surface area contributed by atoms with Crippen molar-refractivity contribution in [3.8, 4) is 0 Å². The topological polar surface area (TPSA) is 26.3 Å². The summed E-state index contributed by atoms with van der Waals surface area (Å²) < 4.78 is 5.00. The molecule has 88 valence electrons. The zero-order valence-corrected chi connectivity index (χ0v) is 11.6. The molecule has 0 aromatic heterocycles. The van der Waals surface area contributed by atoms with E-state index in [1.54, 1.807) is 13.0 Å². The Morgan fingerprint density at radius 2 is 2.00 bits per heavy atom. The first-order valence-corrected chi connectivity index (χ1v) is 9.19. The summed E-state index contributed by atoms with van der Waals surface area (Å²) in [5.74, 6) is -0.257. The zero-order valence-electron chi connectivity index (χ0n) is 9.88. The van der Waals surface area contributed by atoms with Crippen LogP contribution in [-0.4, -0.2) is 20.0 Å². The van der Waals surface area contributed by atoms with Crippen LogP contribution in [0.3, 0.4) is 0 Å². The molecule has 0 fully saturated rings. The second-order valence-corrected chi connectivity index (χ2v) is 10.3. The van der Waals surface area contributed by atoms with Crippen LogP contribution < -0.4 is 0 Å². The molecule has 0 spiro atoms. The minimum absolute atomic E-state index is 0.257. The minimum Gasteiger partial charge on any atom is -0.463 e. The van der Waals surface area contributed by atoms with Gasteiger partial charge < -0.3 is 4.74 Å². The van der Waals surface area contributed by atoms with Crippen LogP contribution in [0, 0.1) is 0 Å². The first-order valence-electron chi connectivity index (χ1n) is 5.56. The number of hydrogen-bond donors (Lipinski definition) is 0. The van der Waals surface area contributed by atoms with Crippen molar-refractivity contribution in [3.63, 3.8) is 0 Å². The predicted octanol–water partition coefficient (Wildman–Crippen LogP) is 3.72. The van der Waals surface area contributed by atoms with Gasteiger partial charge in [-0.2, -0.15) is 11.1 Å². The van der Waals surface area contributed by atoms with Crippen molar-refractivity contribution in [2.24, 2.45) is 0 Å². The van der Waals surface area contributed by atoms with Crippen molar-refractivity contribution < 1.29 is 9.53 Å². The molecule has 0 atom stereocenters. The van der Waals surface area contributed by atoms with Crippen LogP contribution in [0.4, 0.5) is 0 Å². The second kappa shape index (κ2) is 7.94. The van der Waals surface area contributed by atoms with E-state index in [-0.39, 0.29) is 5.97 Å². The Labute approximate surface area is 98.4 Å². The smallest absolute Gasteiger partial charge is 0.330 e. The van der Waals surface area contributed by atoms with Gasteiger partial charge in [0, 0.05) is 6.08 Å². The molecule has 0 aromatic rings. The molecule has 0 saturated heterocycles. The van der Waals surface area contributed by atoms with Gasteiger partial charge in [0.2, 0.25) is 0 Å². The number of ether oxygens (including phenoxy) is 1. The lowest BCUT2D eigenvalue weighted by atomic mass is 10.5. The molecule has 0 aliphatic heterocycles. The molecule has 0 amide bonds. The number of halogens is 1. The van der Waals surface area contributed by atoms with Gasteiger partial charge in [-0.05, 0) is 31.5 Å². The highest BCUT2D eigenvalue weighted by atomic mass is 35.6. The van der Waals surface area contributed by atoms with Crippen molar-refractivity contribution in [3.05, 3.63) is 12.2 Å². The molecular weight excluding hydrogens is 228 g/mol. The molecule has 0 aromatic carbocycles. The number of allylic oxidation sites excluding steroid dienone is 1. The zero-order chi connectivity index (χ0) is 11.7. The van der Waals surface area contributed by atoms with Gasteiger partial charge in [-0.15, -0.1) is 0 Å². The minimum atomic E-state index is -1.52. The van der Waals surface area contributed by atoms with Crippen LogP contribution >= 0.6 is 11.1 Å². The largest absolute Gasteiger partial charge is 0.463 e. The van der Waals surface area contributed by atoms with Gasteiger partial charge >= 0.3 is 5.97 Å². The molecule has 0 bridgehead atoms. The highest BCUT2D eigenvalue weighted by molar-refractivity contribution is 7.20. The van der Waals surface area contributed by atoms with E-state index in [1.165, 1.54) is 6.08 Å². The van der Waals surface area contributed by atoms with Crippen LogP contribution in [0.5, 0.6) is 0 Å². The third-order valence-electron chi connectivity index (χ3n) is 2.58. The molecule has 0 saturated carbocycles. The molecule has 0 unspecified atom stereocenters. The fourth-order valence-electron chi connectivity index (χ4n) is 1.35. The Hall–Kier alpha value is -0.283. The fourth-order valence-corrected chi connectivity index (χ4v) is 3.74. The van der Waals surface area contributed by atoms with E-state index in [1.807, 2.05) is 0 Å². The van der Waals surface area contributed by atoms with Crippen molar-refractivity contribution in [1.82, 2.24) is 0 Å². The molecule has 0 N–H and O–H groups in total. The van der Waals surface area contributed by atoms with Crippen LogP contribution in [0.25, 0.3) is 0 Å². The lowest BCUT2D eigenvalue weighted by Crippen LogP contribution is -2.24. The third kappa shape index (κ3) is 6.74. The van der Waals surface area contributed by atoms with Gasteiger partial charge in [0.1, 0.15) is 0 Å². The number of esters is 1. The van der Waals surface area contributed by atoms with E-state index < -0.39 is 7.38 Å². The van der Waals surface area contributed by atoms with E-state index in [2.05, 4.69) is 13.8 Å². The average molecular weight is 249 g/mol. The molecular formula is C11H21ClO2Si. The third-order valence-corrected chi connectivity index (χ3v) is 8.54. The Balaban J connectivity index is 3.66. The van der Waals surface area contributed by atoms with E-state index in [0.717, 1.165) is 24.6 Å². The molecule has 0 aliphatic rings. The van der Waals surface area contributed by atoms with E-state index in [0.29, 0.717) is 6.61 Å². The molecule has 0 heterocycles. The molecule has 0 rings (SSSR count). The molecule has 0 radical (unpaired) electrons. The maximum atomic E-state index is 11.0. The molecule has 15 heavy (non-hydrogen) atoms. The van der Waals surface area contributed by atoms with Crippen molar-refractivity contribution in [1.29, 1.82) is 0 Å². The normalized spacial score (nSPS) is 12.0. The maximum absolute atomic E-state index is 11.0. The van der Waals surface area contributed by atoms with Crippen LogP contribution in [-0.2, 0) is 9.53 Å². The summed E-state index contributed by atoms with van der Waals surface area (Å²) >= 11 is 6.47. The molecule has 0 aliphatic carbocycles. The number of hydrogen-bond acceptors (Lipinski definition) is 2. The first-order chi connectivity index (χ1) is 7.08. The number of carbonyl (C=O) groups is 1. The summed E-state index contributed by atoms with van der Waals surface area (Å²) in [6.45, 7) is 6.58. The van der Waals surface area contributed by atoms with Crippen molar-refractivity contribution >= 4 is 24.4 Å². The summed E-state index contributed by atoms with van der Waals surface area (Å²) in [7, 11) is -1.52. The lowest BCUT2D eigenvalue weighted by Gasteiger charge is -2.20. The Morgan fingerprint density at radius 3 is 2.47 bits per heavy atom. The van der Waals surface area contributed by atoms with Gasteiger partial charge in [0.25, 0.3) is 0 Å². The number of carbonyl (C=O) groups excluding carboxylic acids is 1. The fraction of sp³-hybridized carbons (Fsp3) is 0.727. The Morgan fingerprint density at radius 1 is 1.40 bits per heavy atom. The van der Waals surface area contributed by atoms with Crippen LogP contribution in [0.2, 0.25) is 18.1 Å². The highest BCUT2D eigenvalue weighted by Crippen LogP contribution is 2.26. The lowest BCUT2D eigenvalue weighted by molar-refractivity contribution is -0.137. The predicted molar refractivity (Wildman–Crippen MR) is 67.8 cm³/mol. The van der Waals surface area contributed by atoms with Gasteiger partial charge in [-0.3, -0.25) is 0 Å². The average Bonchev–Trinajstić information content (AvgIpc) is 2.24. The summed E-state index contributed by atoms with van der Waals surface area (Å²) in [4.78, 5) is 11.0. The van der Waals surface area contributed by atoms with Gasteiger partial charge in [0.15, 0.2) is 7.38 Å². The SMILES string of the molecule is CC=CC(=O)OCCC[Si](Cl)(CC)CC. The molecule has 4 heteroatoms. The summed E-state index contributed by atoms with van der Waals surface area (Å²) in [5.41, 5.74) is 0. The number of rotatable bonds is 7. The molecule has 2 nitrogen and oxygen atoms in total. The Bertz CT molecular complexity index is 213. The second-order valence-electron chi connectivity index (χ2n) is 3.63. The summed E-state index contributed by atoms with van der Waals surface area (Å²) in [6, 6.07) is 3.21. The van der Waals surface area contributed by atoms with E-state index in [4.69, 9.17) is 15.8 Å². The van der Waals surface area contributed by atoms with Crippen LogP contribution in [0.15, 0.2) is 12.2 Å². The summed E-state index contributed by atoms with van der Waals surface area (Å²) in [6.07, 6.45) is 4.01. The van der Waals surface area contributed by atoms with E-state index in [9.17, 15) is 4.79 Å². The quantitative estimate of drug-likeness (QED) is 0.226. The van der Waals surface area contributed by atoms with Crippen molar-refractivity contribution in [2.45, 2.75) is 45.3 Å². The van der Waals surface area contributed by atoms with Gasteiger partial charge in [0.05, 0.1) is 6.61 Å². The maximum Gasteiger partial charge on any atom is 0.330 e. The van der Waals surface area contributed by atoms with E-state index >= 15 is 0 Å². The van der Waals surface area contributed by atoms with Crippen molar-refractivity contribution in [2.75, 3.05) is 6.61 Å². The van der Waals surface area contributed by atoms with Crippen LogP contribution in [0.1, 0.15) is 27.2 Å². The summed E-state index contributed by atoms with van der Waals surface area (Å²) in [5, 5.41) is 0.